The third-order valence-electron chi connectivity index (χ3n) is 4.05. The van der Waals surface area contributed by atoms with Gasteiger partial charge in [0.1, 0.15) is 0 Å². The summed E-state index contributed by atoms with van der Waals surface area (Å²) in [7, 11) is -3.38. The summed E-state index contributed by atoms with van der Waals surface area (Å²) in [6.45, 7) is 3.88. The Labute approximate surface area is 132 Å². The molecule has 0 bridgehead atoms. The molecule has 20 heavy (non-hydrogen) atoms. The van der Waals surface area contributed by atoms with Gasteiger partial charge in [-0.15, -0.1) is 11.3 Å². The summed E-state index contributed by atoms with van der Waals surface area (Å²) in [5, 5.41) is 0. The van der Waals surface area contributed by atoms with Crippen molar-refractivity contribution in [1.82, 2.24) is 9.62 Å². The summed E-state index contributed by atoms with van der Waals surface area (Å²) < 4.78 is 28.6. The van der Waals surface area contributed by atoms with Gasteiger partial charge in [-0.2, -0.15) is 0 Å². The minimum absolute atomic E-state index is 0.0769. The van der Waals surface area contributed by atoms with Crippen molar-refractivity contribution in [1.29, 1.82) is 0 Å². The standard InChI is InChI=1S/C13H19BrN2O2S2/c1-9-12(8-13(14)19-9)20(17,18)15-10-4-6-16(7-5-10)11-2-3-11/h8,10-11,15H,2-7H2,1H3. The fraction of sp³-hybridized carbons (Fsp3) is 0.692. The number of rotatable bonds is 4. The van der Waals surface area contributed by atoms with Gasteiger partial charge < -0.3 is 4.90 Å². The van der Waals surface area contributed by atoms with Crippen molar-refractivity contribution in [3.63, 3.8) is 0 Å². The first-order chi connectivity index (χ1) is 9.45. The van der Waals surface area contributed by atoms with Crippen LogP contribution in [0, 0.1) is 6.92 Å². The lowest BCUT2D eigenvalue weighted by atomic mass is 10.1. The monoisotopic (exact) mass is 378 g/mol. The highest BCUT2D eigenvalue weighted by molar-refractivity contribution is 9.11. The molecule has 0 unspecified atom stereocenters. The quantitative estimate of drug-likeness (QED) is 0.875. The van der Waals surface area contributed by atoms with Gasteiger partial charge in [0, 0.05) is 17.0 Å². The Balaban J connectivity index is 1.63. The lowest BCUT2D eigenvalue weighted by Gasteiger charge is -2.32. The minimum Gasteiger partial charge on any atom is -0.300 e. The van der Waals surface area contributed by atoms with Crippen LogP contribution in [0.1, 0.15) is 30.6 Å². The maximum absolute atomic E-state index is 12.4. The van der Waals surface area contributed by atoms with Gasteiger partial charge in [0.25, 0.3) is 0 Å². The summed E-state index contributed by atoms with van der Waals surface area (Å²) in [4.78, 5) is 3.75. The molecule has 1 aliphatic heterocycles. The largest absolute Gasteiger partial charge is 0.300 e. The van der Waals surface area contributed by atoms with E-state index in [1.807, 2.05) is 6.92 Å². The molecule has 4 nitrogen and oxygen atoms in total. The van der Waals surface area contributed by atoms with Crippen LogP contribution >= 0.6 is 27.3 Å². The third-order valence-corrected chi connectivity index (χ3v) is 7.38. The van der Waals surface area contributed by atoms with Crippen LogP contribution in [0.4, 0.5) is 0 Å². The predicted molar refractivity (Wildman–Crippen MR) is 84.7 cm³/mol. The first-order valence-electron chi connectivity index (χ1n) is 6.98. The van der Waals surface area contributed by atoms with Crippen molar-refractivity contribution >= 4 is 37.3 Å². The number of nitrogens with zero attached hydrogens (tertiary/aromatic N) is 1. The molecule has 2 heterocycles. The zero-order valence-electron chi connectivity index (χ0n) is 11.4. The average Bonchev–Trinajstić information content (AvgIpc) is 3.15. The number of hydrogen-bond acceptors (Lipinski definition) is 4. The Morgan fingerprint density at radius 1 is 1.30 bits per heavy atom. The van der Waals surface area contributed by atoms with E-state index in [2.05, 4.69) is 25.6 Å². The molecular weight excluding hydrogens is 360 g/mol. The van der Waals surface area contributed by atoms with Crippen LogP contribution in [-0.4, -0.2) is 38.5 Å². The maximum atomic E-state index is 12.4. The number of nitrogens with one attached hydrogen (secondary N) is 1. The van der Waals surface area contributed by atoms with Crippen LogP contribution in [-0.2, 0) is 10.0 Å². The summed E-state index contributed by atoms with van der Waals surface area (Å²) in [5.74, 6) is 0. The number of thiophene rings is 1. The summed E-state index contributed by atoms with van der Waals surface area (Å²) in [6, 6.07) is 2.55. The molecule has 7 heteroatoms. The lowest BCUT2D eigenvalue weighted by molar-refractivity contribution is 0.199. The van der Waals surface area contributed by atoms with Crippen LogP contribution in [0.2, 0.25) is 0 Å². The summed E-state index contributed by atoms with van der Waals surface area (Å²) in [6.07, 6.45) is 4.47. The van der Waals surface area contributed by atoms with Crippen LogP contribution in [0.3, 0.4) is 0 Å². The molecule has 1 aromatic heterocycles. The van der Waals surface area contributed by atoms with Gasteiger partial charge >= 0.3 is 0 Å². The van der Waals surface area contributed by atoms with Crippen LogP contribution in [0.5, 0.6) is 0 Å². The third kappa shape index (κ3) is 3.27. The van der Waals surface area contributed by atoms with Crippen molar-refractivity contribution in [3.05, 3.63) is 14.7 Å². The second-order valence-corrected chi connectivity index (χ2v) is 9.95. The SMILES string of the molecule is Cc1sc(Br)cc1S(=O)(=O)NC1CCN(C2CC2)CC1. The zero-order chi connectivity index (χ0) is 14.3. The van der Waals surface area contributed by atoms with Crippen LogP contribution in [0.15, 0.2) is 14.7 Å². The Morgan fingerprint density at radius 3 is 2.45 bits per heavy atom. The molecule has 0 radical (unpaired) electrons. The molecule has 0 aromatic carbocycles. The highest BCUT2D eigenvalue weighted by Crippen LogP contribution is 2.31. The number of sulfonamides is 1. The first-order valence-corrected chi connectivity index (χ1v) is 10.1. The van der Waals surface area contributed by atoms with Crippen molar-refractivity contribution in [2.75, 3.05) is 13.1 Å². The molecule has 112 valence electrons. The molecule has 1 saturated heterocycles. The van der Waals surface area contributed by atoms with Gasteiger partial charge in [0.2, 0.25) is 10.0 Å². The number of halogens is 1. The Hall–Kier alpha value is 0.0500. The molecule has 1 aliphatic carbocycles. The molecule has 2 aliphatic rings. The highest BCUT2D eigenvalue weighted by Gasteiger charge is 2.33. The Kier molecular flexibility index (Phi) is 4.25. The van der Waals surface area contributed by atoms with Crippen LogP contribution < -0.4 is 4.72 Å². The van der Waals surface area contributed by atoms with E-state index >= 15 is 0 Å². The van der Waals surface area contributed by atoms with E-state index in [1.54, 1.807) is 6.07 Å². The first kappa shape index (κ1) is 15.0. The molecule has 0 amide bonds. The molecular formula is C13H19BrN2O2S2. The molecule has 1 N–H and O–H groups in total. The summed E-state index contributed by atoms with van der Waals surface area (Å²) in [5.41, 5.74) is 0. The lowest BCUT2D eigenvalue weighted by Crippen LogP contribution is -2.45. The van der Waals surface area contributed by atoms with Gasteiger partial charge in [0.15, 0.2) is 0 Å². The van der Waals surface area contributed by atoms with Gasteiger partial charge in [-0.3, -0.25) is 0 Å². The van der Waals surface area contributed by atoms with E-state index in [-0.39, 0.29) is 6.04 Å². The second kappa shape index (κ2) is 5.68. The van der Waals surface area contributed by atoms with Crippen molar-refractivity contribution < 1.29 is 8.42 Å². The van der Waals surface area contributed by atoms with Crippen LogP contribution in [0.25, 0.3) is 0 Å². The zero-order valence-corrected chi connectivity index (χ0v) is 14.7. The van der Waals surface area contributed by atoms with E-state index in [9.17, 15) is 8.42 Å². The fourth-order valence-electron chi connectivity index (χ4n) is 2.80. The topological polar surface area (TPSA) is 49.4 Å². The highest BCUT2D eigenvalue weighted by atomic mass is 79.9. The summed E-state index contributed by atoms with van der Waals surface area (Å²) >= 11 is 4.81. The number of piperidine rings is 1. The maximum Gasteiger partial charge on any atom is 0.241 e. The molecule has 0 atom stereocenters. The number of likely N-dealkylation sites (tertiary alicyclic amines) is 1. The van der Waals surface area contributed by atoms with Crippen molar-refractivity contribution in [2.24, 2.45) is 0 Å². The predicted octanol–water partition coefficient (Wildman–Crippen LogP) is 2.72. The minimum atomic E-state index is -3.38. The Morgan fingerprint density at radius 2 is 1.95 bits per heavy atom. The molecule has 1 aromatic rings. The fourth-order valence-corrected chi connectivity index (χ4v) is 6.52. The van der Waals surface area contributed by atoms with E-state index in [4.69, 9.17) is 0 Å². The van der Waals surface area contributed by atoms with Gasteiger partial charge in [-0.25, -0.2) is 13.1 Å². The molecule has 0 spiro atoms. The molecule has 3 rings (SSSR count). The normalized spacial score (nSPS) is 22.3. The Bertz CT molecular complexity index is 588. The second-order valence-electron chi connectivity index (χ2n) is 5.63. The number of aryl methyl sites for hydroxylation is 1. The smallest absolute Gasteiger partial charge is 0.241 e. The number of hydrogen-bond donors (Lipinski definition) is 1. The van der Waals surface area contributed by atoms with Gasteiger partial charge in [-0.05, 0) is 67.7 Å². The van der Waals surface area contributed by atoms with E-state index < -0.39 is 10.0 Å². The van der Waals surface area contributed by atoms with E-state index in [1.165, 1.54) is 24.2 Å². The molecule has 2 fully saturated rings. The average molecular weight is 379 g/mol. The van der Waals surface area contributed by atoms with Gasteiger partial charge in [-0.1, -0.05) is 0 Å². The van der Waals surface area contributed by atoms with Gasteiger partial charge in [0.05, 0.1) is 8.68 Å². The van der Waals surface area contributed by atoms with E-state index in [0.29, 0.717) is 4.90 Å². The van der Waals surface area contributed by atoms with Crippen molar-refractivity contribution in [3.8, 4) is 0 Å². The molecule has 1 saturated carbocycles. The van der Waals surface area contributed by atoms with E-state index in [0.717, 1.165) is 40.6 Å². The van der Waals surface area contributed by atoms with Crippen molar-refractivity contribution in [2.45, 2.75) is 49.6 Å².